The van der Waals surface area contributed by atoms with E-state index in [4.69, 9.17) is 4.74 Å². The average molecular weight is 353 g/mol. The molecule has 0 radical (unpaired) electrons. The Morgan fingerprint density at radius 3 is 3.00 bits per heavy atom. The molecule has 6 heteroatoms. The quantitative estimate of drug-likeness (QED) is 0.905. The van der Waals surface area contributed by atoms with E-state index >= 15 is 0 Å². The fraction of sp³-hybridized carbons (Fsp3) is 0.500. The van der Waals surface area contributed by atoms with E-state index in [-0.39, 0.29) is 36.1 Å². The maximum Gasteiger partial charge on any atom is 0.257 e. The molecular formula is C20H23N3O3. The average Bonchev–Trinajstić information content (AvgIpc) is 3.41. The Labute approximate surface area is 152 Å². The summed E-state index contributed by atoms with van der Waals surface area (Å²) in [5.41, 5.74) is 1.54. The number of amides is 1. The van der Waals surface area contributed by atoms with Crippen LogP contribution in [-0.4, -0.2) is 57.1 Å². The highest BCUT2D eigenvalue weighted by atomic mass is 16.5. The van der Waals surface area contributed by atoms with E-state index in [9.17, 15) is 9.90 Å². The number of hydrogen-bond donors (Lipinski definition) is 1. The molecule has 1 N–H and O–H groups in total. The van der Waals surface area contributed by atoms with E-state index in [1.807, 2.05) is 41.4 Å². The van der Waals surface area contributed by atoms with Crippen LogP contribution in [0.4, 0.5) is 0 Å². The van der Waals surface area contributed by atoms with Crippen molar-refractivity contribution in [2.75, 3.05) is 19.7 Å². The number of aromatic nitrogens is 2. The van der Waals surface area contributed by atoms with E-state index in [0.29, 0.717) is 25.2 Å². The molecule has 4 heterocycles. The lowest BCUT2D eigenvalue weighted by Crippen LogP contribution is -2.38. The van der Waals surface area contributed by atoms with Crippen LogP contribution in [0.2, 0.25) is 0 Å². The number of likely N-dealkylation sites (tertiary alicyclic amines) is 1. The molecule has 5 rings (SSSR count). The normalized spacial score (nSPS) is 32.2. The molecule has 2 aromatic rings. The zero-order valence-electron chi connectivity index (χ0n) is 14.6. The minimum atomic E-state index is -0.228. The predicted octanol–water partition coefficient (Wildman–Crippen LogP) is 1.54. The minimum absolute atomic E-state index is 0.0110. The van der Waals surface area contributed by atoms with Crippen molar-refractivity contribution < 1.29 is 14.6 Å². The molecule has 3 aliphatic heterocycles. The fourth-order valence-electron chi connectivity index (χ4n) is 5.10. The summed E-state index contributed by atoms with van der Waals surface area (Å²) in [6.07, 6.45) is 5.65. The number of fused-ring (bicyclic) bond motifs is 1. The van der Waals surface area contributed by atoms with E-state index in [2.05, 4.69) is 5.10 Å². The Kier molecular flexibility index (Phi) is 3.65. The molecule has 1 aromatic heterocycles. The van der Waals surface area contributed by atoms with Crippen molar-refractivity contribution in [3.8, 4) is 0 Å². The number of ether oxygens (including phenoxy) is 1. The highest BCUT2D eigenvalue weighted by Gasteiger charge is 2.63. The van der Waals surface area contributed by atoms with E-state index < -0.39 is 0 Å². The Balaban J connectivity index is 1.31. The van der Waals surface area contributed by atoms with Crippen molar-refractivity contribution in [2.24, 2.45) is 11.8 Å². The molecule has 3 aliphatic rings. The first-order chi connectivity index (χ1) is 12.7. The molecule has 1 amide bonds. The van der Waals surface area contributed by atoms with Gasteiger partial charge < -0.3 is 14.7 Å². The third kappa shape index (κ3) is 2.40. The molecule has 3 fully saturated rings. The lowest BCUT2D eigenvalue weighted by atomic mass is 9.74. The molecular weight excluding hydrogens is 330 g/mol. The Morgan fingerprint density at radius 1 is 1.35 bits per heavy atom. The highest BCUT2D eigenvalue weighted by Crippen LogP contribution is 2.54. The maximum absolute atomic E-state index is 13.0. The standard InChI is InChI=1S/C20H23N3O3/c24-12-16-17-11-22(13-20(17)7-6-18(16)26-20)19(25)15-8-21-23(10-15)9-14-4-2-1-3-5-14/h1-5,8,10,16-18,24H,6-7,9,11-13H2/t16-,17+,18+,20+/m1/s1. The van der Waals surface area contributed by atoms with Crippen LogP contribution in [-0.2, 0) is 11.3 Å². The van der Waals surface area contributed by atoms with Gasteiger partial charge in [-0.1, -0.05) is 30.3 Å². The first-order valence-electron chi connectivity index (χ1n) is 9.33. The van der Waals surface area contributed by atoms with Gasteiger partial charge in [0, 0.05) is 31.2 Å². The smallest absolute Gasteiger partial charge is 0.257 e. The lowest BCUT2D eigenvalue weighted by molar-refractivity contribution is 0.00154. The Bertz CT molecular complexity index is 821. The van der Waals surface area contributed by atoms with Crippen molar-refractivity contribution in [3.05, 3.63) is 53.9 Å². The number of carbonyl (C=O) groups excluding carboxylic acids is 1. The molecule has 6 nitrogen and oxygen atoms in total. The molecule has 0 saturated carbocycles. The maximum atomic E-state index is 13.0. The van der Waals surface area contributed by atoms with Gasteiger partial charge in [-0.25, -0.2) is 0 Å². The molecule has 0 aliphatic carbocycles. The molecule has 4 atom stereocenters. The van der Waals surface area contributed by atoms with Crippen LogP contribution in [0.25, 0.3) is 0 Å². The highest BCUT2D eigenvalue weighted by molar-refractivity contribution is 5.94. The van der Waals surface area contributed by atoms with Gasteiger partial charge in [0.25, 0.3) is 5.91 Å². The number of benzene rings is 1. The number of aliphatic hydroxyl groups excluding tert-OH is 1. The van der Waals surface area contributed by atoms with E-state index in [1.165, 1.54) is 0 Å². The minimum Gasteiger partial charge on any atom is -0.396 e. The van der Waals surface area contributed by atoms with Gasteiger partial charge in [-0.2, -0.15) is 5.10 Å². The van der Waals surface area contributed by atoms with Gasteiger partial charge in [-0.15, -0.1) is 0 Å². The van der Waals surface area contributed by atoms with Gasteiger partial charge in [0.1, 0.15) is 0 Å². The van der Waals surface area contributed by atoms with E-state index in [0.717, 1.165) is 18.4 Å². The van der Waals surface area contributed by atoms with Crippen LogP contribution < -0.4 is 0 Å². The summed E-state index contributed by atoms with van der Waals surface area (Å²) in [6, 6.07) is 10.1. The number of aliphatic hydroxyl groups is 1. The monoisotopic (exact) mass is 353 g/mol. The SMILES string of the molecule is O=C(c1cnn(Cc2ccccc2)c1)N1C[C@H]2[C@@H](CO)[C@@H]3CC[C@@]2(C1)O3. The lowest BCUT2D eigenvalue weighted by Gasteiger charge is -2.27. The number of nitrogens with zero attached hydrogens (tertiary/aromatic N) is 3. The van der Waals surface area contributed by atoms with Gasteiger partial charge in [-0.05, 0) is 18.4 Å². The zero-order valence-corrected chi connectivity index (χ0v) is 14.6. The van der Waals surface area contributed by atoms with Gasteiger partial charge >= 0.3 is 0 Å². The van der Waals surface area contributed by atoms with Crippen LogP contribution >= 0.6 is 0 Å². The number of rotatable bonds is 4. The summed E-state index contributed by atoms with van der Waals surface area (Å²) in [4.78, 5) is 14.9. The van der Waals surface area contributed by atoms with Gasteiger partial charge in [0.05, 0.1) is 36.6 Å². The predicted molar refractivity (Wildman–Crippen MR) is 94.6 cm³/mol. The van der Waals surface area contributed by atoms with Gasteiger partial charge in [-0.3, -0.25) is 9.48 Å². The van der Waals surface area contributed by atoms with Crippen molar-refractivity contribution in [1.29, 1.82) is 0 Å². The number of carbonyl (C=O) groups is 1. The molecule has 3 saturated heterocycles. The third-order valence-electron chi connectivity index (χ3n) is 6.35. The summed E-state index contributed by atoms with van der Waals surface area (Å²) in [7, 11) is 0. The number of hydrogen-bond acceptors (Lipinski definition) is 4. The summed E-state index contributed by atoms with van der Waals surface area (Å²) in [5, 5.41) is 14.1. The first kappa shape index (κ1) is 16.0. The second kappa shape index (κ2) is 5.93. The first-order valence-corrected chi connectivity index (χ1v) is 9.33. The molecule has 0 unspecified atom stereocenters. The van der Waals surface area contributed by atoms with Crippen LogP contribution in [0.3, 0.4) is 0 Å². The van der Waals surface area contributed by atoms with Gasteiger partial charge in [0.2, 0.25) is 0 Å². The van der Waals surface area contributed by atoms with Crippen molar-refractivity contribution in [2.45, 2.75) is 31.1 Å². The molecule has 26 heavy (non-hydrogen) atoms. The summed E-state index contributed by atoms with van der Waals surface area (Å²) < 4.78 is 8.02. The van der Waals surface area contributed by atoms with E-state index in [1.54, 1.807) is 10.9 Å². The molecule has 136 valence electrons. The Morgan fingerprint density at radius 2 is 2.19 bits per heavy atom. The summed E-state index contributed by atoms with van der Waals surface area (Å²) >= 11 is 0. The molecule has 2 bridgehead atoms. The van der Waals surface area contributed by atoms with Crippen LogP contribution in [0, 0.1) is 11.8 Å². The van der Waals surface area contributed by atoms with Crippen molar-refractivity contribution in [3.63, 3.8) is 0 Å². The fourth-order valence-corrected chi connectivity index (χ4v) is 5.10. The van der Waals surface area contributed by atoms with Crippen molar-refractivity contribution >= 4 is 5.91 Å². The summed E-state index contributed by atoms with van der Waals surface area (Å²) in [6.45, 7) is 2.10. The Hall–Kier alpha value is -2.18. The van der Waals surface area contributed by atoms with Crippen molar-refractivity contribution in [1.82, 2.24) is 14.7 Å². The topological polar surface area (TPSA) is 67.6 Å². The second-order valence-corrected chi connectivity index (χ2v) is 7.81. The molecule has 1 spiro atoms. The third-order valence-corrected chi connectivity index (χ3v) is 6.35. The van der Waals surface area contributed by atoms with Crippen LogP contribution in [0.15, 0.2) is 42.7 Å². The van der Waals surface area contributed by atoms with Crippen LogP contribution in [0.1, 0.15) is 28.8 Å². The molecule has 1 aromatic carbocycles. The largest absolute Gasteiger partial charge is 0.396 e. The second-order valence-electron chi connectivity index (χ2n) is 7.81. The summed E-state index contributed by atoms with van der Waals surface area (Å²) in [5.74, 6) is 0.439. The van der Waals surface area contributed by atoms with Crippen LogP contribution in [0.5, 0.6) is 0 Å². The van der Waals surface area contributed by atoms with Gasteiger partial charge in [0.15, 0.2) is 0 Å². The zero-order chi connectivity index (χ0) is 17.7.